The summed E-state index contributed by atoms with van der Waals surface area (Å²) in [6, 6.07) is 0. The molecule has 17 heavy (non-hydrogen) atoms. The molecule has 0 atom stereocenters. The second-order valence-electron chi connectivity index (χ2n) is 4.97. The molecule has 2 heteroatoms. The number of unbranched alkanes of at least 4 members (excludes halogenated alkanes) is 12. The highest BCUT2D eigenvalue weighted by Gasteiger charge is 1.93. The lowest BCUT2D eigenvalue weighted by Gasteiger charge is -2.02. The number of rotatable bonds is 14. The third-order valence-electron chi connectivity index (χ3n) is 3.27. The first-order valence-corrected chi connectivity index (χ1v) is 8.07. The summed E-state index contributed by atoms with van der Waals surface area (Å²) >= 11 is 5.62. The molecule has 0 spiro atoms. The van der Waals surface area contributed by atoms with Gasteiger partial charge in [-0.05, 0) is 12.8 Å². The molecule has 0 fully saturated rings. The van der Waals surface area contributed by atoms with Crippen LogP contribution in [0.1, 0.15) is 83.5 Å². The Morgan fingerprint density at radius 1 is 0.471 bits per heavy atom. The smallest absolute Gasteiger partial charge is 0.0894 e. The maximum absolute atomic E-state index is 11.8. The zero-order valence-corrected chi connectivity index (χ0v) is 12.1. The first kappa shape index (κ1) is 17.2. The summed E-state index contributed by atoms with van der Waals surface area (Å²) in [6.07, 6.45) is 16.5. The molecule has 0 heterocycles. The molecule has 0 amide bonds. The van der Waals surface area contributed by atoms with Crippen LogP contribution < -0.4 is 0 Å². The van der Waals surface area contributed by atoms with Crippen LogP contribution in [0.25, 0.3) is 0 Å². The number of halogens is 2. The quantitative estimate of drug-likeness (QED) is 0.256. The van der Waals surface area contributed by atoms with E-state index >= 15 is 0 Å². The van der Waals surface area contributed by atoms with Crippen molar-refractivity contribution in [2.75, 3.05) is 12.6 Å². The molecule has 0 aliphatic heterocycles. The number of hydrogen-bond donors (Lipinski definition) is 0. The van der Waals surface area contributed by atoms with E-state index in [4.69, 9.17) is 11.6 Å². The Kier molecular flexibility index (Phi) is 16.4. The van der Waals surface area contributed by atoms with E-state index in [0.717, 1.165) is 18.7 Å². The van der Waals surface area contributed by atoms with Crippen molar-refractivity contribution in [1.29, 1.82) is 0 Å². The van der Waals surface area contributed by atoms with Gasteiger partial charge >= 0.3 is 0 Å². The molecule has 0 aliphatic rings. The fourth-order valence-corrected chi connectivity index (χ4v) is 2.32. The Morgan fingerprint density at radius 2 is 0.765 bits per heavy atom. The van der Waals surface area contributed by atoms with E-state index in [9.17, 15) is 4.39 Å². The molecule has 104 valence electrons. The lowest BCUT2D eigenvalue weighted by molar-refractivity contribution is 0.448. The van der Waals surface area contributed by atoms with Crippen LogP contribution in [0.5, 0.6) is 0 Å². The molecule has 0 aromatic heterocycles. The SMILES string of the molecule is FCCCCCCCCCCCCCCCCl. The van der Waals surface area contributed by atoms with Crippen molar-refractivity contribution < 1.29 is 4.39 Å². The molecule has 0 bridgehead atoms. The molecule has 0 unspecified atom stereocenters. The molecule has 0 radical (unpaired) electrons. The van der Waals surface area contributed by atoms with Crippen molar-refractivity contribution >= 4 is 11.6 Å². The van der Waals surface area contributed by atoms with Crippen LogP contribution >= 0.6 is 11.6 Å². The molecule has 0 aromatic carbocycles. The van der Waals surface area contributed by atoms with Gasteiger partial charge in [-0.1, -0.05) is 70.6 Å². The molecular weight excluding hydrogens is 235 g/mol. The average molecular weight is 265 g/mol. The fourth-order valence-electron chi connectivity index (χ4n) is 2.13. The van der Waals surface area contributed by atoms with Gasteiger partial charge < -0.3 is 0 Å². The highest BCUT2D eigenvalue weighted by Crippen LogP contribution is 2.12. The minimum atomic E-state index is -0.135. The van der Waals surface area contributed by atoms with Crippen molar-refractivity contribution in [1.82, 2.24) is 0 Å². The minimum absolute atomic E-state index is 0.135. The molecule has 0 saturated heterocycles. The van der Waals surface area contributed by atoms with E-state index < -0.39 is 0 Å². The van der Waals surface area contributed by atoms with Crippen molar-refractivity contribution in [3.8, 4) is 0 Å². The lowest BCUT2D eigenvalue weighted by atomic mass is 10.0. The number of alkyl halides is 2. The summed E-state index contributed by atoms with van der Waals surface area (Å²) in [5, 5.41) is 0. The van der Waals surface area contributed by atoms with Gasteiger partial charge in [-0.15, -0.1) is 11.6 Å². The number of hydrogen-bond acceptors (Lipinski definition) is 0. The van der Waals surface area contributed by atoms with Gasteiger partial charge in [-0.2, -0.15) is 0 Å². The van der Waals surface area contributed by atoms with Gasteiger partial charge in [-0.25, -0.2) is 0 Å². The van der Waals surface area contributed by atoms with Gasteiger partial charge in [-0.3, -0.25) is 4.39 Å². The van der Waals surface area contributed by atoms with E-state index in [0.29, 0.717) is 0 Å². The second kappa shape index (κ2) is 16.2. The maximum Gasteiger partial charge on any atom is 0.0894 e. The Labute approximate surface area is 112 Å². The summed E-state index contributed by atoms with van der Waals surface area (Å²) in [5.74, 6) is 0.822. The molecule has 0 nitrogen and oxygen atoms in total. The van der Waals surface area contributed by atoms with Gasteiger partial charge in [0.15, 0.2) is 0 Å². The van der Waals surface area contributed by atoms with Gasteiger partial charge in [0.25, 0.3) is 0 Å². The molecule has 0 saturated carbocycles. The van der Waals surface area contributed by atoms with Gasteiger partial charge in [0, 0.05) is 5.88 Å². The maximum atomic E-state index is 11.8. The predicted molar refractivity (Wildman–Crippen MR) is 76.7 cm³/mol. The highest BCUT2D eigenvalue weighted by molar-refractivity contribution is 6.17. The molecule has 0 aliphatic carbocycles. The van der Waals surface area contributed by atoms with Crippen LogP contribution in [-0.2, 0) is 0 Å². The Morgan fingerprint density at radius 3 is 1.06 bits per heavy atom. The standard InChI is InChI=1S/C15H30ClF/c16-14-12-10-8-6-4-2-1-3-5-7-9-11-13-15-17/h1-15H2. The van der Waals surface area contributed by atoms with E-state index in [1.54, 1.807) is 0 Å². The van der Waals surface area contributed by atoms with Gasteiger partial charge in [0.05, 0.1) is 6.67 Å². The van der Waals surface area contributed by atoms with Crippen LogP contribution in [0.2, 0.25) is 0 Å². The van der Waals surface area contributed by atoms with E-state index in [-0.39, 0.29) is 6.67 Å². The van der Waals surface area contributed by atoms with Crippen molar-refractivity contribution in [2.24, 2.45) is 0 Å². The second-order valence-corrected chi connectivity index (χ2v) is 5.35. The summed E-state index contributed by atoms with van der Waals surface area (Å²) in [7, 11) is 0. The topological polar surface area (TPSA) is 0 Å². The minimum Gasteiger partial charge on any atom is -0.251 e. The van der Waals surface area contributed by atoms with Crippen molar-refractivity contribution in [3.63, 3.8) is 0 Å². The summed E-state index contributed by atoms with van der Waals surface area (Å²) in [4.78, 5) is 0. The van der Waals surface area contributed by atoms with Crippen LogP contribution in [-0.4, -0.2) is 12.6 Å². The zero-order valence-electron chi connectivity index (χ0n) is 11.4. The van der Waals surface area contributed by atoms with Gasteiger partial charge in [0.1, 0.15) is 0 Å². The zero-order chi connectivity index (χ0) is 12.6. The molecule has 0 rings (SSSR count). The predicted octanol–water partition coefficient (Wildman–Crippen LogP) is 6.27. The normalized spacial score (nSPS) is 10.9. The molecular formula is C15H30ClF. The van der Waals surface area contributed by atoms with Crippen LogP contribution in [0, 0.1) is 0 Å². The van der Waals surface area contributed by atoms with Crippen molar-refractivity contribution in [2.45, 2.75) is 83.5 Å². The van der Waals surface area contributed by atoms with Crippen LogP contribution in [0.15, 0.2) is 0 Å². The largest absolute Gasteiger partial charge is 0.251 e. The summed E-state index contributed by atoms with van der Waals surface area (Å²) < 4.78 is 11.8. The third kappa shape index (κ3) is 16.2. The average Bonchev–Trinajstić information content (AvgIpc) is 2.35. The van der Waals surface area contributed by atoms with E-state index in [2.05, 4.69) is 0 Å². The summed E-state index contributed by atoms with van der Waals surface area (Å²) in [6.45, 7) is -0.135. The first-order valence-electron chi connectivity index (χ1n) is 7.53. The van der Waals surface area contributed by atoms with Crippen LogP contribution in [0.3, 0.4) is 0 Å². The lowest BCUT2D eigenvalue weighted by Crippen LogP contribution is -1.83. The highest BCUT2D eigenvalue weighted by atomic mass is 35.5. The fraction of sp³-hybridized carbons (Fsp3) is 1.00. The van der Waals surface area contributed by atoms with Crippen LogP contribution in [0.4, 0.5) is 4.39 Å². The van der Waals surface area contributed by atoms with Gasteiger partial charge in [0.2, 0.25) is 0 Å². The molecule has 0 N–H and O–H groups in total. The Bertz CT molecular complexity index is 114. The monoisotopic (exact) mass is 264 g/mol. The van der Waals surface area contributed by atoms with E-state index in [1.807, 2.05) is 0 Å². The first-order chi connectivity index (χ1) is 8.41. The van der Waals surface area contributed by atoms with E-state index in [1.165, 1.54) is 70.6 Å². The third-order valence-corrected chi connectivity index (χ3v) is 3.53. The summed E-state index contributed by atoms with van der Waals surface area (Å²) in [5.41, 5.74) is 0. The Hall–Kier alpha value is 0.220. The Balaban J connectivity index is 2.85. The molecule has 0 aromatic rings. The van der Waals surface area contributed by atoms with Crippen molar-refractivity contribution in [3.05, 3.63) is 0 Å².